The maximum absolute atomic E-state index is 4.23. The molecule has 1 saturated heterocycles. The molecule has 0 bridgehead atoms. The Hall–Kier alpha value is -2.09. The van der Waals surface area contributed by atoms with E-state index >= 15 is 0 Å². The van der Waals surface area contributed by atoms with E-state index in [1.54, 1.807) is 6.20 Å². The number of anilines is 1. The highest BCUT2D eigenvalue weighted by Gasteiger charge is 2.28. The van der Waals surface area contributed by atoms with E-state index in [2.05, 4.69) is 35.9 Å². The largest absolute Gasteiger partial charge is 0.351 e. The van der Waals surface area contributed by atoms with Crippen molar-refractivity contribution in [3.05, 3.63) is 24.2 Å². The van der Waals surface area contributed by atoms with Crippen molar-refractivity contribution in [2.45, 2.75) is 44.3 Å². The summed E-state index contributed by atoms with van der Waals surface area (Å²) < 4.78 is 1.96. The number of rotatable bonds is 6. The molecule has 0 radical (unpaired) electrons. The summed E-state index contributed by atoms with van der Waals surface area (Å²) in [4.78, 5) is 2.34. The molecule has 2 aromatic heterocycles. The van der Waals surface area contributed by atoms with Gasteiger partial charge in [-0.1, -0.05) is 0 Å². The van der Waals surface area contributed by atoms with Crippen LogP contribution in [0.4, 0.5) is 5.82 Å². The van der Waals surface area contributed by atoms with Crippen LogP contribution in [-0.2, 0) is 6.54 Å². The molecule has 1 atom stereocenters. The Morgan fingerprint density at radius 1 is 1.23 bits per heavy atom. The molecule has 4 rings (SSSR count). The van der Waals surface area contributed by atoms with Crippen LogP contribution in [0.2, 0.25) is 0 Å². The fraction of sp³-hybridized carbons (Fsp3) is 0.643. The normalized spacial score (nSPS) is 21.5. The summed E-state index contributed by atoms with van der Waals surface area (Å²) in [6.07, 6.45) is 6.48. The second-order valence-corrected chi connectivity index (χ2v) is 5.97. The minimum atomic E-state index is 0.460. The maximum Gasteiger partial charge on any atom is 0.165 e. The summed E-state index contributed by atoms with van der Waals surface area (Å²) in [6.45, 7) is 2.67. The summed E-state index contributed by atoms with van der Waals surface area (Å²) >= 11 is 0. The van der Waals surface area contributed by atoms with Crippen LogP contribution in [0.3, 0.4) is 0 Å². The van der Waals surface area contributed by atoms with Crippen LogP contribution in [0, 0.1) is 0 Å². The molecule has 0 spiro atoms. The molecule has 116 valence electrons. The van der Waals surface area contributed by atoms with Gasteiger partial charge in [-0.05, 0) is 48.2 Å². The number of nitrogens with zero attached hydrogens (tertiary/aromatic N) is 7. The van der Waals surface area contributed by atoms with E-state index in [4.69, 9.17) is 0 Å². The van der Waals surface area contributed by atoms with Crippen molar-refractivity contribution in [3.8, 4) is 0 Å². The van der Waals surface area contributed by atoms with Gasteiger partial charge in [-0.25, -0.2) is 4.68 Å². The van der Waals surface area contributed by atoms with Crippen molar-refractivity contribution >= 4 is 5.82 Å². The van der Waals surface area contributed by atoms with Gasteiger partial charge in [0.15, 0.2) is 11.6 Å². The zero-order valence-corrected chi connectivity index (χ0v) is 12.5. The smallest absolute Gasteiger partial charge is 0.165 e. The fourth-order valence-corrected chi connectivity index (χ4v) is 3.08. The van der Waals surface area contributed by atoms with Gasteiger partial charge >= 0.3 is 0 Å². The molecule has 1 aliphatic heterocycles. The summed E-state index contributed by atoms with van der Waals surface area (Å²) in [5.74, 6) is 1.90. The Morgan fingerprint density at radius 2 is 2.18 bits per heavy atom. The van der Waals surface area contributed by atoms with Gasteiger partial charge in [0.25, 0.3) is 0 Å². The molecular weight excluding hydrogens is 280 g/mol. The SMILES string of the molecule is c1cnnc(N2CCC[C@@H]2CNCc2nnnn2C2CC2)c1. The molecule has 22 heavy (non-hydrogen) atoms. The molecule has 0 amide bonds. The predicted molar refractivity (Wildman–Crippen MR) is 80.2 cm³/mol. The first kappa shape index (κ1) is 13.6. The van der Waals surface area contributed by atoms with Crippen LogP contribution in [0.1, 0.15) is 37.5 Å². The second kappa shape index (κ2) is 5.96. The van der Waals surface area contributed by atoms with Crippen LogP contribution < -0.4 is 10.2 Å². The number of nitrogens with one attached hydrogen (secondary N) is 1. The minimum absolute atomic E-state index is 0.460. The van der Waals surface area contributed by atoms with Crippen molar-refractivity contribution < 1.29 is 0 Å². The average Bonchev–Trinajstić information content (AvgIpc) is 3.11. The van der Waals surface area contributed by atoms with Crippen molar-refractivity contribution in [3.63, 3.8) is 0 Å². The molecular formula is C14H20N8. The Bertz CT molecular complexity index is 608. The van der Waals surface area contributed by atoms with Gasteiger partial charge < -0.3 is 10.2 Å². The Morgan fingerprint density at radius 3 is 3.00 bits per heavy atom. The molecule has 2 aromatic rings. The van der Waals surface area contributed by atoms with Gasteiger partial charge in [0, 0.05) is 25.3 Å². The van der Waals surface area contributed by atoms with E-state index in [0.29, 0.717) is 18.6 Å². The van der Waals surface area contributed by atoms with Crippen molar-refractivity contribution in [1.82, 2.24) is 35.7 Å². The minimum Gasteiger partial charge on any atom is -0.351 e. The summed E-state index contributed by atoms with van der Waals surface area (Å²) in [5.41, 5.74) is 0. The third kappa shape index (κ3) is 2.78. The first-order valence-electron chi connectivity index (χ1n) is 7.93. The first-order chi connectivity index (χ1) is 10.9. The van der Waals surface area contributed by atoms with Gasteiger partial charge in [-0.2, -0.15) is 5.10 Å². The highest BCUT2D eigenvalue weighted by atomic mass is 15.6. The molecule has 2 fully saturated rings. The van der Waals surface area contributed by atoms with E-state index in [1.807, 2.05) is 16.8 Å². The van der Waals surface area contributed by atoms with Crippen LogP contribution in [0.25, 0.3) is 0 Å². The molecule has 0 aromatic carbocycles. The topological polar surface area (TPSA) is 84.7 Å². The average molecular weight is 300 g/mol. The van der Waals surface area contributed by atoms with E-state index in [-0.39, 0.29) is 0 Å². The maximum atomic E-state index is 4.23. The van der Waals surface area contributed by atoms with Crippen LogP contribution in [0.15, 0.2) is 18.3 Å². The summed E-state index contributed by atoms with van der Waals surface area (Å²) in [5, 5.41) is 23.7. The highest BCUT2D eigenvalue weighted by Crippen LogP contribution is 2.34. The predicted octanol–water partition coefficient (Wildman–Crippen LogP) is 0.557. The lowest BCUT2D eigenvalue weighted by atomic mass is 10.2. The van der Waals surface area contributed by atoms with Crippen molar-refractivity contribution in [2.75, 3.05) is 18.0 Å². The zero-order valence-electron chi connectivity index (χ0n) is 12.5. The number of hydrogen-bond acceptors (Lipinski definition) is 7. The Labute approximate surface area is 128 Å². The lowest BCUT2D eigenvalue weighted by molar-refractivity contribution is 0.525. The monoisotopic (exact) mass is 300 g/mol. The third-order valence-electron chi connectivity index (χ3n) is 4.35. The van der Waals surface area contributed by atoms with E-state index in [1.165, 1.54) is 25.7 Å². The zero-order chi connectivity index (χ0) is 14.8. The number of hydrogen-bond donors (Lipinski definition) is 1. The Balaban J connectivity index is 1.34. The molecule has 2 aliphatic rings. The highest BCUT2D eigenvalue weighted by molar-refractivity contribution is 5.39. The number of tetrazole rings is 1. The van der Waals surface area contributed by atoms with Gasteiger partial charge in [-0.3, -0.25) is 0 Å². The van der Waals surface area contributed by atoms with Gasteiger partial charge in [-0.15, -0.1) is 10.2 Å². The van der Waals surface area contributed by atoms with Crippen LogP contribution in [-0.4, -0.2) is 49.5 Å². The van der Waals surface area contributed by atoms with Gasteiger partial charge in [0.1, 0.15) is 0 Å². The molecule has 8 heteroatoms. The molecule has 1 saturated carbocycles. The fourth-order valence-electron chi connectivity index (χ4n) is 3.08. The van der Waals surface area contributed by atoms with E-state index < -0.39 is 0 Å². The van der Waals surface area contributed by atoms with Crippen LogP contribution in [0.5, 0.6) is 0 Å². The standard InChI is InChI=1S/C14H20N8/c1-4-13(17-16-7-1)21-8-2-3-12(21)9-15-10-14-18-19-20-22(14)11-5-6-11/h1,4,7,11-12,15H,2-3,5-6,8-10H2/t12-/m1/s1. The van der Waals surface area contributed by atoms with E-state index in [9.17, 15) is 0 Å². The Kier molecular flexibility index (Phi) is 3.67. The lowest BCUT2D eigenvalue weighted by Crippen LogP contribution is -2.38. The lowest BCUT2D eigenvalue weighted by Gasteiger charge is -2.25. The second-order valence-electron chi connectivity index (χ2n) is 5.97. The van der Waals surface area contributed by atoms with Crippen LogP contribution >= 0.6 is 0 Å². The first-order valence-corrected chi connectivity index (χ1v) is 7.93. The summed E-state index contributed by atoms with van der Waals surface area (Å²) in [6, 6.07) is 4.95. The number of aromatic nitrogens is 6. The molecule has 3 heterocycles. The third-order valence-corrected chi connectivity index (χ3v) is 4.35. The van der Waals surface area contributed by atoms with Crippen molar-refractivity contribution in [2.24, 2.45) is 0 Å². The quantitative estimate of drug-likeness (QED) is 0.834. The molecule has 8 nitrogen and oxygen atoms in total. The van der Waals surface area contributed by atoms with Gasteiger partial charge in [0.05, 0.1) is 12.6 Å². The van der Waals surface area contributed by atoms with E-state index in [0.717, 1.165) is 24.7 Å². The molecule has 0 unspecified atom stereocenters. The van der Waals surface area contributed by atoms with Gasteiger partial charge in [0.2, 0.25) is 0 Å². The molecule has 1 aliphatic carbocycles. The summed E-state index contributed by atoms with van der Waals surface area (Å²) in [7, 11) is 0. The molecule has 1 N–H and O–H groups in total. The van der Waals surface area contributed by atoms with Crippen molar-refractivity contribution in [1.29, 1.82) is 0 Å².